The number of benzene rings is 2. The Labute approximate surface area is 120 Å². The zero-order valence-corrected chi connectivity index (χ0v) is 12.3. The maximum absolute atomic E-state index is 16.1. The maximum Gasteiger partial charge on any atom is 0.176 e. The number of alkyl halides is 1. The summed E-state index contributed by atoms with van der Waals surface area (Å²) in [5.41, 5.74) is -0.149. The fourth-order valence-electron chi connectivity index (χ4n) is 2.88. The van der Waals surface area contributed by atoms with E-state index in [2.05, 4.69) is 5.32 Å². The third-order valence-corrected chi connectivity index (χ3v) is 3.79. The van der Waals surface area contributed by atoms with Crippen molar-refractivity contribution in [2.24, 2.45) is 5.92 Å². The highest BCUT2D eigenvalue weighted by molar-refractivity contribution is 5.38. The first-order valence-corrected chi connectivity index (χ1v) is 7.08. The minimum Gasteiger partial charge on any atom is -0.313 e. The first-order valence-electron chi connectivity index (χ1n) is 7.08. The number of halogens is 1. The lowest BCUT2D eigenvalue weighted by Gasteiger charge is -2.37. The van der Waals surface area contributed by atoms with Gasteiger partial charge in [0.05, 0.1) is 6.04 Å². The van der Waals surface area contributed by atoms with Crippen LogP contribution in [-0.2, 0) is 5.67 Å². The van der Waals surface area contributed by atoms with Gasteiger partial charge in [-0.2, -0.15) is 0 Å². The molecule has 0 amide bonds. The van der Waals surface area contributed by atoms with Crippen molar-refractivity contribution in [3.8, 4) is 0 Å². The molecule has 0 spiro atoms. The average molecular weight is 271 g/mol. The van der Waals surface area contributed by atoms with Gasteiger partial charge in [-0.15, -0.1) is 0 Å². The summed E-state index contributed by atoms with van der Waals surface area (Å²) in [7, 11) is 1.82. The van der Waals surface area contributed by atoms with Crippen LogP contribution in [-0.4, -0.2) is 13.1 Å². The first kappa shape index (κ1) is 14.7. The summed E-state index contributed by atoms with van der Waals surface area (Å²) in [6.45, 7) is 4.09. The smallest absolute Gasteiger partial charge is 0.176 e. The van der Waals surface area contributed by atoms with Gasteiger partial charge in [0.2, 0.25) is 0 Å². The monoisotopic (exact) mass is 271 g/mol. The highest BCUT2D eigenvalue weighted by Crippen LogP contribution is 2.39. The van der Waals surface area contributed by atoms with Crippen molar-refractivity contribution in [3.63, 3.8) is 0 Å². The normalized spacial score (nSPS) is 13.4. The Morgan fingerprint density at radius 3 is 1.55 bits per heavy atom. The summed E-state index contributed by atoms with van der Waals surface area (Å²) in [5.74, 6) is 0.172. The molecule has 1 unspecified atom stereocenters. The fourth-order valence-corrected chi connectivity index (χ4v) is 2.88. The summed E-state index contributed by atoms with van der Waals surface area (Å²) in [5, 5.41) is 3.16. The Bertz CT molecular complexity index is 482. The Balaban J connectivity index is 2.60. The third-order valence-electron chi connectivity index (χ3n) is 3.79. The fraction of sp³-hybridized carbons (Fsp3) is 0.333. The molecule has 0 bridgehead atoms. The van der Waals surface area contributed by atoms with E-state index in [1.807, 2.05) is 81.6 Å². The number of likely N-dealkylation sites (N-methyl/N-ethyl adjacent to an activating group) is 1. The molecule has 1 N–H and O–H groups in total. The maximum atomic E-state index is 16.1. The molecule has 0 radical (unpaired) electrons. The van der Waals surface area contributed by atoms with E-state index >= 15 is 4.39 Å². The van der Waals surface area contributed by atoms with Crippen molar-refractivity contribution >= 4 is 0 Å². The summed E-state index contributed by atoms with van der Waals surface area (Å²) < 4.78 is 16.1. The van der Waals surface area contributed by atoms with Gasteiger partial charge in [0.25, 0.3) is 0 Å². The quantitative estimate of drug-likeness (QED) is 0.861. The summed E-state index contributed by atoms with van der Waals surface area (Å²) in [4.78, 5) is 0. The van der Waals surface area contributed by atoms with Gasteiger partial charge < -0.3 is 5.32 Å². The SMILES string of the molecule is CNC(C(C)C)C(F)(c1ccccc1)c1ccccc1. The van der Waals surface area contributed by atoms with E-state index in [1.54, 1.807) is 0 Å². The third kappa shape index (κ3) is 2.61. The van der Waals surface area contributed by atoms with Crippen molar-refractivity contribution in [2.75, 3.05) is 7.05 Å². The zero-order valence-electron chi connectivity index (χ0n) is 12.3. The minimum atomic E-state index is -1.54. The van der Waals surface area contributed by atoms with Gasteiger partial charge in [0.15, 0.2) is 5.67 Å². The molecule has 1 atom stereocenters. The van der Waals surface area contributed by atoms with Crippen molar-refractivity contribution in [3.05, 3.63) is 71.8 Å². The van der Waals surface area contributed by atoms with Crippen LogP contribution in [0, 0.1) is 5.92 Å². The predicted molar refractivity (Wildman–Crippen MR) is 82.5 cm³/mol. The van der Waals surface area contributed by atoms with Crippen LogP contribution in [0.1, 0.15) is 25.0 Å². The molecular formula is C18H22FN. The summed E-state index contributed by atoms with van der Waals surface area (Å²) in [6, 6.07) is 18.5. The van der Waals surface area contributed by atoms with E-state index in [0.29, 0.717) is 11.1 Å². The average Bonchev–Trinajstić information content (AvgIpc) is 2.49. The predicted octanol–water partition coefficient (Wildman–Crippen LogP) is 4.14. The number of nitrogens with one attached hydrogen (secondary N) is 1. The van der Waals surface area contributed by atoms with Gasteiger partial charge in [-0.3, -0.25) is 0 Å². The van der Waals surface area contributed by atoms with Crippen LogP contribution < -0.4 is 5.32 Å². The second-order valence-electron chi connectivity index (χ2n) is 5.45. The molecule has 0 aromatic heterocycles. The Morgan fingerprint density at radius 2 is 1.25 bits per heavy atom. The molecule has 0 heterocycles. The molecule has 2 aromatic rings. The molecule has 106 valence electrons. The lowest BCUT2D eigenvalue weighted by Crippen LogP contribution is -2.48. The highest BCUT2D eigenvalue weighted by Gasteiger charge is 2.43. The van der Waals surface area contributed by atoms with Gasteiger partial charge >= 0.3 is 0 Å². The molecule has 0 aliphatic heterocycles. The van der Waals surface area contributed by atoms with E-state index in [1.165, 1.54) is 0 Å². The molecule has 20 heavy (non-hydrogen) atoms. The molecule has 2 rings (SSSR count). The van der Waals surface area contributed by atoms with Crippen LogP contribution in [0.3, 0.4) is 0 Å². The van der Waals surface area contributed by atoms with Crippen molar-refractivity contribution in [2.45, 2.75) is 25.6 Å². The number of rotatable bonds is 5. The topological polar surface area (TPSA) is 12.0 Å². The second-order valence-corrected chi connectivity index (χ2v) is 5.45. The second kappa shape index (κ2) is 6.19. The van der Waals surface area contributed by atoms with E-state index < -0.39 is 5.67 Å². The first-order chi connectivity index (χ1) is 9.60. The molecule has 2 aromatic carbocycles. The Morgan fingerprint density at radius 1 is 0.850 bits per heavy atom. The van der Waals surface area contributed by atoms with Gasteiger partial charge in [-0.1, -0.05) is 74.5 Å². The van der Waals surface area contributed by atoms with E-state index in [-0.39, 0.29) is 12.0 Å². The van der Waals surface area contributed by atoms with Crippen LogP contribution in [0.15, 0.2) is 60.7 Å². The molecule has 0 saturated heterocycles. The lowest BCUT2D eigenvalue weighted by molar-refractivity contribution is 0.126. The van der Waals surface area contributed by atoms with Crippen LogP contribution in [0.4, 0.5) is 4.39 Å². The van der Waals surface area contributed by atoms with Crippen molar-refractivity contribution < 1.29 is 4.39 Å². The van der Waals surface area contributed by atoms with Crippen molar-refractivity contribution in [1.82, 2.24) is 5.32 Å². The Kier molecular flexibility index (Phi) is 4.56. The van der Waals surface area contributed by atoms with Crippen LogP contribution >= 0.6 is 0 Å². The van der Waals surface area contributed by atoms with Crippen molar-refractivity contribution in [1.29, 1.82) is 0 Å². The van der Waals surface area contributed by atoms with Crippen LogP contribution in [0.5, 0.6) is 0 Å². The highest BCUT2D eigenvalue weighted by atomic mass is 19.1. The number of hydrogen-bond donors (Lipinski definition) is 1. The Hall–Kier alpha value is -1.67. The molecular weight excluding hydrogens is 249 g/mol. The van der Waals surface area contributed by atoms with Gasteiger partial charge in [-0.05, 0) is 24.1 Å². The summed E-state index contributed by atoms with van der Waals surface area (Å²) >= 11 is 0. The molecule has 0 fully saturated rings. The molecule has 0 aliphatic rings. The van der Waals surface area contributed by atoms with Gasteiger partial charge in [-0.25, -0.2) is 4.39 Å². The lowest BCUT2D eigenvalue weighted by atomic mass is 9.77. The molecule has 0 saturated carbocycles. The minimum absolute atomic E-state index is 0.172. The van der Waals surface area contributed by atoms with E-state index in [0.717, 1.165) is 0 Å². The van der Waals surface area contributed by atoms with E-state index in [4.69, 9.17) is 0 Å². The van der Waals surface area contributed by atoms with E-state index in [9.17, 15) is 0 Å². The van der Waals surface area contributed by atoms with Crippen LogP contribution in [0.25, 0.3) is 0 Å². The summed E-state index contributed by atoms with van der Waals surface area (Å²) in [6.07, 6.45) is 0. The van der Waals surface area contributed by atoms with Gasteiger partial charge in [0, 0.05) is 0 Å². The molecule has 0 aliphatic carbocycles. The number of hydrogen-bond acceptors (Lipinski definition) is 1. The largest absolute Gasteiger partial charge is 0.313 e. The molecule has 1 nitrogen and oxygen atoms in total. The van der Waals surface area contributed by atoms with Crippen LogP contribution in [0.2, 0.25) is 0 Å². The van der Waals surface area contributed by atoms with Gasteiger partial charge in [0.1, 0.15) is 0 Å². The zero-order chi connectivity index (χ0) is 14.6. The standard InChI is InChI=1S/C18H22FN/c1-14(2)17(20-3)18(19,15-10-6-4-7-11-15)16-12-8-5-9-13-16/h4-14,17,20H,1-3H3. The molecule has 2 heteroatoms.